The molecule has 0 radical (unpaired) electrons. The summed E-state index contributed by atoms with van der Waals surface area (Å²) in [6.45, 7) is -0.688. The van der Waals surface area contributed by atoms with Crippen LogP contribution < -0.4 is 0 Å². The number of hydrogen-bond acceptors (Lipinski definition) is 5. The van der Waals surface area contributed by atoms with Gasteiger partial charge >= 0.3 is 51.4 Å². The van der Waals surface area contributed by atoms with Gasteiger partial charge in [-0.05, 0) is 0 Å². The zero-order valence-electron chi connectivity index (χ0n) is 5.21. The third-order valence-corrected chi connectivity index (χ3v) is 1.07. The van der Waals surface area contributed by atoms with Crippen LogP contribution in [0, 0.1) is 0 Å². The van der Waals surface area contributed by atoms with E-state index >= 15 is 0 Å². The van der Waals surface area contributed by atoms with Crippen molar-refractivity contribution in [2.75, 3.05) is 6.61 Å². The molecule has 0 saturated heterocycles. The Labute approximate surface area is 106 Å². The molecule has 0 aliphatic rings. The molecule has 0 spiro atoms. The quantitative estimate of drug-likeness (QED) is 0.274. The van der Waals surface area contributed by atoms with Crippen molar-refractivity contribution in [3.63, 3.8) is 0 Å². The molecule has 5 nitrogen and oxygen atoms in total. The number of carbonyl (C=O) groups excluding carboxylic acids is 1. The number of rotatable bonds is 4. The summed E-state index contributed by atoms with van der Waals surface area (Å²) in [5, 5.41) is 34.1. The predicted octanol–water partition coefficient (Wildman–Crippen LogP) is -3.39. The Balaban J connectivity index is 0. The molecular formula is C5H11KO5. The van der Waals surface area contributed by atoms with E-state index in [9.17, 15) is 4.79 Å². The molecule has 0 aromatic rings. The molecule has 62 valence electrons. The van der Waals surface area contributed by atoms with Crippen LogP contribution >= 0.6 is 0 Å². The van der Waals surface area contributed by atoms with Crippen LogP contribution in [-0.4, -0.2) is 103 Å². The van der Waals surface area contributed by atoms with E-state index in [0.29, 0.717) is 0 Å². The normalized spacial score (nSPS) is 17.8. The number of hydrogen-bond donors (Lipinski definition) is 4. The van der Waals surface area contributed by atoms with Crippen molar-refractivity contribution in [2.24, 2.45) is 0 Å². The van der Waals surface area contributed by atoms with Crippen LogP contribution in [0.5, 0.6) is 0 Å². The zero-order chi connectivity index (χ0) is 8.15. The molecule has 0 fully saturated rings. The first kappa shape index (κ1) is 14.7. The average Bonchev–Trinajstić information content (AvgIpc) is 2.00. The second-order valence-corrected chi connectivity index (χ2v) is 1.87. The first-order valence-corrected chi connectivity index (χ1v) is 2.73. The molecule has 0 aromatic carbocycles. The third kappa shape index (κ3) is 5.40. The zero-order valence-corrected chi connectivity index (χ0v) is 5.21. The standard InChI is InChI=1S/C5H10O5.K.H/c6-1-3(8)5(10)4(9)2-7;;/h1,3-5,7-10H,2H2;;/t3-,4+,5-;;/m0../s1. The van der Waals surface area contributed by atoms with Crippen molar-refractivity contribution in [1.82, 2.24) is 0 Å². The summed E-state index contributed by atoms with van der Waals surface area (Å²) in [5.41, 5.74) is 0. The van der Waals surface area contributed by atoms with Gasteiger partial charge in [0.2, 0.25) is 0 Å². The Morgan fingerprint density at radius 1 is 1.27 bits per heavy atom. The maximum absolute atomic E-state index is 9.76. The van der Waals surface area contributed by atoms with E-state index in [1.165, 1.54) is 0 Å². The summed E-state index contributed by atoms with van der Waals surface area (Å²) >= 11 is 0. The molecule has 0 aliphatic carbocycles. The molecule has 0 amide bonds. The molecule has 0 rings (SSSR count). The van der Waals surface area contributed by atoms with E-state index in [0.717, 1.165) is 0 Å². The fourth-order valence-electron chi connectivity index (χ4n) is 0.416. The molecule has 0 aliphatic heterocycles. The third-order valence-electron chi connectivity index (χ3n) is 1.07. The van der Waals surface area contributed by atoms with Gasteiger partial charge in [0.1, 0.15) is 18.3 Å². The summed E-state index contributed by atoms with van der Waals surface area (Å²) in [7, 11) is 0. The fourth-order valence-corrected chi connectivity index (χ4v) is 0.416. The second-order valence-electron chi connectivity index (χ2n) is 1.87. The van der Waals surface area contributed by atoms with Gasteiger partial charge in [-0.3, -0.25) is 0 Å². The molecular weight excluding hydrogens is 179 g/mol. The van der Waals surface area contributed by atoms with Gasteiger partial charge < -0.3 is 25.2 Å². The summed E-state index contributed by atoms with van der Waals surface area (Å²) in [4.78, 5) is 9.76. The van der Waals surface area contributed by atoms with Crippen molar-refractivity contribution in [1.29, 1.82) is 0 Å². The fraction of sp³-hybridized carbons (Fsp3) is 0.800. The number of aldehydes is 1. The molecule has 4 N–H and O–H groups in total. The van der Waals surface area contributed by atoms with E-state index in [2.05, 4.69) is 0 Å². The molecule has 11 heavy (non-hydrogen) atoms. The Hall–Kier alpha value is 1.15. The summed E-state index contributed by atoms with van der Waals surface area (Å²) in [5.74, 6) is 0. The van der Waals surface area contributed by atoms with Crippen molar-refractivity contribution in [2.45, 2.75) is 18.3 Å². The summed E-state index contributed by atoms with van der Waals surface area (Å²) in [6, 6.07) is 0. The predicted molar refractivity (Wildman–Crippen MR) is 38.3 cm³/mol. The first-order chi connectivity index (χ1) is 4.63. The SMILES string of the molecule is O=C[C@H](O)[C@H](O)[C@H](O)CO.[KH]. The molecule has 0 aromatic heterocycles. The van der Waals surface area contributed by atoms with Gasteiger partial charge in [-0.2, -0.15) is 0 Å². The minimum atomic E-state index is -1.64. The van der Waals surface area contributed by atoms with Gasteiger partial charge in [0.25, 0.3) is 0 Å². The van der Waals surface area contributed by atoms with E-state index in [-0.39, 0.29) is 57.7 Å². The van der Waals surface area contributed by atoms with Crippen LogP contribution in [0.2, 0.25) is 0 Å². The van der Waals surface area contributed by atoms with Crippen molar-refractivity contribution < 1.29 is 25.2 Å². The first-order valence-electron chi connectivity index (χ1n) is 2.73. The van der Waals surface area contributed by atoms with Gasteiger partial charge in [-0.1, -0.05) is 0 Å². The van der Waals surface area contributed by atoms with Gasteiger partial charge in [0.15, 0.2) is 6.29 Å². The van der Waals surface area contributed by atoms with E-state index in [4.69, 9.17) is 20.4 Å². The number of carbonyl (C=O) groups is 1. The Kier molecular flexibility index (Phi) is 10.4. The molecule has 0 heterocycles. The van der Waals surface area contributed by atoms with Crippen LogP contribution in [0.3, 0.4) is 0 Å². The van der Waals surface area contributed by atoms with Gasteiger partial charge in [0.05, 0.1) is 6.61 Å². The topological polar surface area (TPSA) is 98.0 Å². The number of aliphatic hydroxyl groups excluding tert-OH is 4. The van der Waals surface area contributed by atoms with Gasteiger partial charge in [-0.25, -0.2) is 0 Å². The minimum absolute atomic E-state index is 0. The molecule has 0 bridgehead atoms. The molecule has 6 heteroatoms. The van der Waals surface area contributed by atoms with Crippen LogP contribution in [0.15, 0.2) is 0 Å². The van der Waals surface area contributed by atoms with Crippen LogP contribution in [-0.2, 0) is 4.79 Å². The van der Waals surface area contributed by atoms with Crippen molar-refractivity contribution in [3.8, 4) is 0 Å². The second kappa shape index (κ2) is 7.78. The van der Waals surface area contributed by atoms with Gasteiger partial charge in [-0.15, -0.1) is 0 Å². The maximum atomic E-state index is 9.76. The summed E-state index contributed by atoms with van der Waals surface area (Å²) in [6.07, 6.45) is -4.63. The van der Waals surface area contributed by atoms with E-state index in [1.54, 1.807) is 0 Å². The van der Waals surface area contributed by atoms with Crippen molar-refractivity contribution in [3.05, 3.63) is 0 Å². The Morgan fingerprint density at radius 3 is 2.00 bits per heavy atom. The van der Waals surface area contributed by atoms with Crippen LogP contribution in [0.4, 0.5) is 0 Å². The van der Waals surface area contributed by atoms with Crippen molar-refractivity contribution >= 4 is 57.7 Å². The molecule has 3 atom stereocenters. The molecule has 0 unspecified atom stereocenters. The van der Waals surface area contributed by atoms with E-state index in [1.807, 2.05) is 0 Å². The average molecular weight is 190 g/mol. The summed E-state index contributed by atoms with van der Waals surface area (Å²) < 4.78 is 0. The van der Waals surface area contributed by atoms with Crippen LogP contribution in [0.1, 0.15) is 0 Å². The van der Waals surface area contributed by atoms with Gasteiger partial charge in [0, 0.05) is 0 Å². The monoisotopic (exact) mass is 190 g/mol. The Bertz CT molecular complexity index is 109. The number of aliphatic hydroxyl groups is 4. The van der Waals surface area contributed by atoms with E-state index < -0.39 is 24.9 Å². The Morgan fingerprint density at radius 2 is 1.73 bits per heavy atom. The van der Waals surface area contributed by atoms with Crippen LogP contribution in [0.25, 0.3) is 0 Å². The molecule has 0 saturated carbocycles.